The minimum Gasteiger partial charge on any atom is -0.468 e. The van der Waals surface area contributed by atoms with Crippen molar-refractivity contribution in [1.82, 2.24) is 24.5 Å². The van der Waals surface area contributed by atoms with E-state index >= 15 is 0 Å². The number of nitrogens with zero attached hydrogens (tertiary/aromatic N) is 5. The average Bonchev–Trinajstić information content (AvgIpc) is 2.83. The Hall–Kier alpha value is -2.26. The van der Waals surface area contributed by atoms with Gasteiger partial charge in [-0.15, -0.1) is 0 Å². The third-order valence-corrected chi connectivity index (χ3v) is 2.95. The summed E-state index contributed by atoms with van der Waals surface area (Å²) < 4.78 is 44.7. The number of halogens is 3. The molecular formula is C12H17F3N6O. The van der Waals surface area contributed by atoms with Gasteiger partial charge in [0.25, 0.3) is 0 Å². The van der Waals surface area contributed by atoms with Gasteiger partial charge in [0.15, 0.2) is 6.61 Å². The Bertz CT molecular complexity index is 661. The number of anilines is 1. The zero-order valence-corrected chi connectivity index (χ0v) is 12.7. The lowest BCUT2D eigenvalue weighted by molar-refractivity contribution is -0.154. The van der Waals surface area contributed by atoms with Gasteiger partial charge in [-0.25, -0.2) is 9.36 Å². The van der Waals surface area contributed by atoms with E-state index in [2.05, 4.69) is 20.5 Å². The molecule has 0 aliphatic carbocycles. The van der Waals surface area contributed by atoms with Crippen LogP contribution in [-0.4, -0.2) is 37.3 Å². The lowest BCUT2D eigenvalue weighted by Crippen LogP contribution is -2.21. The van der Waals surface area contributed by atoms with Crippen LogP contribution in [0.15, 0.2) is 0 Å². The third kappa shape index (κ3) is 3.68. The van der Waals surface area contributed by atoms with Gasteiger partial charge in [-0.3, -0.25) is 0 Å². The molecule has 2 aromatic heterocycles. The number of hydrogen-bond donors (Lipinski definition) is 1. The van der Waals surface area contributed by atoms with Crippen molar-refractivity contribution in [2.24, 2.45) is 14.1 Å². The molecule has 10 heteroatoms. The van der Waals surface area contributed by atoms with E-state index in [1.807, 2.05) is 0 Å². The first-order valence-electron chi connectivity index (χ1n) is 6.51. The fourth-order valence-electron chi connectivity index (χ4n) is 2.05. The summed E-state index contributed by atoms with van der Waals surface area (Å²) in [4.78, 5) is 4.17. The molecule has 0 saturated heterocycles. The van der Waals surface area contributed by atoms with Crippen LogP contribution in [0.4, 0.5) is 19.1 Å². The summed E-state index contributed by atoms with van der Waals surface area (Å²) in [5.41, 5.74) is 1.14. The quantitative estimate of drug-likeness (QED) is 0.909. The van der Waals surface area contributed by atoms with Crippen molar-refractivity contribution in [1.29, 1.82) is 0 Å². The Labute approximate surface area is 125 Å². The second kappa shape index (κ2) is 5.85. The number of rotatable bonds is 5. The number of hydrogen-bond acceptors (Lipinski definition) is 5. The molecule has 0 fully saturated rings. The fraction of sp³-hybridized carbons (Fsp3) is 0.583. The minimum absolute atomic E-state index is 0.0845. The van der Waals surface area contributed by atoms with E-state index in [1.54, 1.807) is 25.6 Å². The van der Waals surface area contributed by atoms with Crippen LogP contribution in [0.1, 0.15) is 17.1 Å². The van der Waals surface area contributed by atoms with Crippen LogP contribution in [0.2, 0.25) is 0 Å². The number of aromatic nitrogens is 5. The second-order valence-corrected chi connectivity index (χ2v) is 4.86. The fourth-order valence-corrected chi connectivity index (χ4v) is 2.05. The summed E-state index contributed by atoms with van der Waals surface area (Å²) in [5, 5.41) is 11.2. The molecule has 0 saturated carbocycles. The van der Waals surface area contributed by atoms with Crippen molar-refractivity contribution in [3.8, 4) is 5.88 Å². The van der Waals surface area contributed by atoms with Crippen molar-refractivity contribution in [3.05, 3.63) is 17.1 Å². The predicted molar refractivity (Wildman–Crippen MR) is 72.6 cm³/mol. The van der Waals surface area contributed by atoms with Gasteiger partial charge in [-0.1, -0.05) is 0 Å². The standard InChI is InChI=1S/C12H17F3N6O/c1-7-9(5-16-11-17-8(2)19-21(11)4)10(20(3)18-7)22-6-12(13,14)15/h5-6H2,1-4H3,(H,16,17,19). The number of alkyl halides is 3. The molecule has 2 aromatic rings. The van der Waals surface area contributed by atoms with Crippen LogP contribution in [0.25, 0.3) is 0 Å². The van der Waals surface area contributed by atoms with Gasteiger partial charge < -0.3 is 10.1 Å². The third-order valence-electron chi connectivity index (χ3n) is 2.95. The highest BCUT2D eigenvalue weighted by Crippen LogP contribution is 2.25. The van der Waals surface area contributed by atoms with Gasteiger partial charge >= 0.3 is 6.18 Å². The molecule has 0 bridgehead atoms. The van der Waals surface area contributed by atoms with Crippen molar-refractivity contribution >= 4 is 5.95 Å². The average molecular weight is 318 g/mol. The molecule has 7 nitrogen and oxygen atoms in total. The van der Waals surface area contributed by atoms with Crippen LogP contribution in [0.5, 0.6) is 5.88 Å². The smallest absolute Gasteiger partial charge is 0.422 e. The molecule has 122 valence electrons. The molecule has 22 heavy (non-hydrogen) atoms. The van der Waals surface area contributed by atoms with Gasteiger partial charge in [0.1, 0.15) is 5.82 Å². The summed E-state index contributed by atoms with van der Waals surface area (Å²) in [6.07, 6.45) is -4.40. The van der Waals surface area contributed by atoms with Crippen molar-refractivity contribution in [3.63, 3.8) is 0 Å². The maximum Gasteiger partial charge on any atom is 0.422 e. The zero-order valence-electron chi connectivity index (χ0n) is 12.7. The molecule has 0 radical (unpaired) electrons. The molecule has 2 rings (SSSR count). The Morgan fingerprint density at radius 2 is 1.82 bits per heavy atom. The highest BCUT2D eigenvalue weighted by Gasteiger charge is 2.30. The summed E-state index contributed by atoms with van der Waals surface area (Å²) >= 11 is 0. The first kappa shape index (κ1) is 16.1. The summed E-state index contributed by atoms with van der Waals surface area (Å²) in [6.45, 7) is 2.33. The lowest BCUT2D eigenvalue weighted by Gasteiger charge is -2.11. The molecule has 0 aromatic carbocycles. The van der Waals surface area contributed by atoms with Gasteiger partial charge in [0.2, 0.25) is 11.8 Å². The van der Waals surface area contributed by atoms with Crippen LogP contribution >= 0.6 is 0 Å². The van der Waals surface area contributed by atoms with E-state index in [-0.39, 0.29) is 12.4 Å². The van der Waals surface area contributed by atoms with Gasteiger partial charge in [0.05, 0.1) is 17.8 Å². The van der Waals surface area contributed by atoms with E-state index in [9.17, 15) is 13.2 Å². The molecule has 0 aliphatic rings. The molecule has 0 aliphatic heterocycles. The van der Waals surface area contributed by atoms with Gasteiger partial charge in [-0.05, 0) is 13.8 Å². The van der Waals surface area contributed by atoms with Crippen molar-refractivity contribution in [2.45, 2.75) is 26.6 Å². The Kier molecular flexibility index (Phi) is 4.29. The summed E-state index contributed by atoms with van der Waals surface area (Å²) in [5.74, 6) is 1.20. The molecule has 0 unspecified atom stereocenters. The van der Waals surface area contributed by atoms with Crippen LogP contribution in [0.3, 0.4) is 0 Å². The van der Waals surface area contributed by atoms with Gasteiger partial charge in [-0.2, -0.15) is 28.4 Å². The predicted octanol–water partition coefficient (Wildman–Crippen LogP) is 1.72. The van der Waals surface area contributed by atoms with E-state index in [0.29, 0.717) is 23.0 Å². The zero-order chi connectivity index (χ0) is 16.5. The highest BCUT2D eigenvalue weighted by atomic mass is 19.4. The van der Waals surface area contributed by atoms with Crippen LogP contribution in [0, 0.1) is 13.8 Å². The Balaban J connectivity index is 2.14. The van der Waals surface area contributed by atoms with E-state index in [0.717, 1.165) is 0 Å². The number of nitrogens with one attached hydrogen (secondary N) is 1. The Morgan fingerprint density at radius 3 is 2.36 bits per heavy atom. The summed E-state index contributed by atoms with van der Waals surface area (Å²) in [7, 11) is 3.26. The molecule has 0 atom stereocenters. The maximum atomic E-state index is 12.3. The molecule has 0 spiro atoms. The highest BCUT2D eigenvalue weighted by molar-refractivity contribution is 5.36. The normalized spacial score (nSPS) is 11.8. The molecule has 1 N–H and O–H groups in total. The largest absolute Gasteiger partial charge is 0.468 e. The van der Waals surface area contributed by atoms with Crippen molar-refractivity contribution in [2.75, 3.05) is 11.9 Å². The molecule has 0 amide bonds. The number of aryl methyl sites for hydroxylation is 4. The van der Waals surface area contributed by atoms with Crippen molar-refractivity contribution < 1.29 is 17.9 Å². The lowest BCUT2D eigenvalue weighted by atomic mass is 10.2. The maximum absolute atomic E-state index is 12.3. The SMILES string of the molecule is Cc1nc(NCc2c(C)nn(C)c2OCC(F)(F)F)n(C)n1. The number of ether oxygens (including phenoxy) is 1. The topological polar surface area (TPSA) is 69.8 Å². The molecule has 2 heterocycles. The van der Waals surface area contributed by atoms with Gasteiger partial charge in [0, 0.05) is 14.1 Å². The second-order valence-electron chi connectivity index (χ2n) is 4.86. The van der Waals surface area contributed by atoms with Crippen LogP contribution in [-0.2, 0) is 20.6 Å². The first-order chi connectivity index (χ1) is 10.2. The Morgan fingerprint density at radius 1 is 1.14 bits per heavy atom. The molecular weight excluding hydrogens is 301 g/mol. The van der Waals surface area contributed by atoms with Crippen LogP contribution < -0.4 is 10.1 Å². The minimum atomic E-state index is -4.40. The van der Waals surface area contributed by atoms with E-state index in [4.69, 9.17) is 4.74 Å². The monoisotopic (exact) mass is 318 g/mol. The summed E-state index contributed by atoms with van der Waals surface area (Å²) in [6, 6.07) is 0. The van der Waals surface area contributed by atoms with E-state index in [1.165, 1.54) is 11.7 Å². The first-order valence-corrected chi connectivity index (χ1v) is 6.51. The van der Waals surface area contributed by atoms with E-state index < -0.39 is 12.8 Å².